The maximum Gasteiger partial charge on any atom is 0.177 e. The molecule has 8 heteroatoms. The first kappa shape index (κ1) is 51.5. The van der Waals surface area contributed by atoms with Crippen LogP contribution >= 0.6 is 0 Å². The largest absolute Gasteiger partial charge is 0.201 e. The first-order chi connectivity index (χ1) is 43.4. The normalized spacial score (nSPS) is 13.1. The lowest BCUT2D eigenvalue weighted by atomic mass is 9.97. The van der Waals surface area contributed by atoms with Crippen molar-refractivity contribution >= 4 is 64.6 Å². The van der Waals surface area contributed by atoms with E-state index in [-0.39, 0.29) is 0 Å². The van der Waals surface area contributed by atoms with Crippen LogP contribution in [0.25, 0.3) is 86.9 Å². The van der Waals surface area contributed by atoms with Crippen molar-refractivity contribution in [3.05, 3.63) is 338 Å². The van der Waals surface area contributed by atoms with E-state index >= 15 is 0 Å². The van der Waals surface area contributed by atoms with Crippen molar-refractivity contribution in [1.29, 1.82) is 0 Å². The third-order valence-electron chi connectivity index (χ3n) is 18.3. The van der Waals surface area contributed by atoms with Gasteiger partial charge in [0.1, 0.15) is 0 Å². The molecule has 0 saturated heterocycles. The average Bonchev–Trinajstić information content (AvgIpc) is 0.972. The van der Waals surface area contributed by atoms with Crippen LogP contribution in [0.4, 0.5) is 0 Å². The second-order valence-corrected chi connectivity index (χ2v) is 24.5. The zero-order chi connectivity index (χ0) is 58.1. The smallest absolute Gasteiger partial charge is 0.177 e. The van der Waals surface area contributed by atoms with Crippen LogP contribution in [0.5, 0.6) is 0 Å². The van der Waals surface area contributed by atoms with E-state index in [1.54, 1.807) is 0 Å². The van der Waals surface area contributed by atoms with Crippen LogP contribution in [0.3, 0.4) is 0 Å². The van der Waals surface area contributed by atoms with E-state index in [9.17, 15) is 0 Å². The van der Waals surface area contributed by atoms with E-state index in [0.717, 1.165) is 52.4 Å². The van der Waals surface area contributed by atoms with Crippen molar-refractivity contribution in [1.82, 2.24) is 0 Å². The Bertz CT molecular complexity index is 4440. The molecule has 416 valence electrons. The van der Waals surface area contributed by atoms with Gasteiger partial charge >= 0.3 is 0 Å². The van der Waals surface area contributed by atoms with E-state index in [1.807, 2.05) is 0 Å². The van der Waals surface area contributed by atoms with Crippen molar-refractivity contribution in [2.45, 2.75) is 52.4 Å². The number of hydrogen-bond donors (Lipinski definition) is 0. The summed E-state index contributed by atoms with van der Waals surface area (Å²) >= 11 is 0. The Morgan fingerprint density at radius 2 is 0.284 bits per heavy atom. The number of pyridine rings is 8. The predicted octanol–water partition coefficient (Wildman–Crippen LogP) is 11.8. The Labute approximate surface area is 510 Å². The molecular formula is C80H64N8+8. The van der Waals surface area contributed by atoms with E-state index < -0.39 is 0 Å². The fraction of sp³-hybridized carbons (Fsp3) is 0.100. The monoisotopic (exact) mass is 1140 g/mol. The molecule has 0 saturated carbocycles. The van der Waals surface area contributed by atoms with E-state index in [4.69, 9.17) is 0 Å². The zero-order valence-corrected chi connectivity index (χ0v) is 48.9. The lowest BCUT2D eigenvalue weighted by Gasteiger charge is -2.10. The molecular weight excluding hydrogens is 1070 g/mol. The van der Waals surface area contributed by atoms with Crippen molar-refractivity contribution in [3.8, 4) is 22.3 Å². The minimum absolute atomic E-state index is 0.842. The summed E-state index contributed by atoms with van der Waals surface area (Å²) in [5, 5.41) is 15.7. The minimum atomic E-state index is 0.842. The van der Waals surface area contributed by atoms with Gasteiger partial charge in [-0.15, -0.1) is 0 Å². The van der Waals surface area contributed by atoms with Crippen molar-refractivity contribution in [2.24, 2.45) is 0 Å². The second-order valence-electron chi connectivity index (χ2n) is 24.5. The first-order valence-electron chi connectivity index (χ1n) is 30.7. The number of rotatable bonds is 0. The lowest BCUT2D eigenvalue weighted by molar-refractivity contribution is -0.688. The maximum atomic E-state index is 2.33. The Hall–Kier alpha value is -11.0. The number of aromatic nitrogens is 8. The molecule has 8 aromatic heterocycles. The summed E-state index contributed by atoms with van der Waals surface area (Å²) in [6, 6.07) is 72.1. The summed E-state index contributed by atoms with van der Waals surface area (Å²) in [7, 11) is 0. The molecule has 0 fully saturated rings. The van der Waals surface area contributed by atoms with Gasteiger partial charge in [-0.1, -0.05) is 97.1 Å². The summed E-state index contributed by atoms with van der Waals surface area (Å²) in [5.74, 6) is 0. The second kappa shape index (κ2) is 21.5. The standard InChI is InChI=1S/2C40H32N4/c2*1-5-31-6-2-29(1)21-41-17-13-33(14-18-41)34-15-19-42(20-16-34)22-30-3-7-32(8-4-30)24-44-27-37-11-9-35-25-43(23-31)26-36-10-12-38(28-44)40(37)39(35)36/h2*1-20,25-28H,21-24H2/q2*+4. The minimum Gasteiger partial charge on any atom is -0.201 e. The molecule has 8 nitrogen and oxygen atoms in total. The van der Waals surface area contributed by atoms with E-state index in [2.05, 4.69) is 330 Å². The SMILES string of the molecule is c1cc2ccc1C[n+]1ccc(cc1)-c1cc[n+](cc1)Cc1ccc(cc1)C[n+]1cc3ccc4c[n+](cc5ccc(c1)c3c45)C2.c1cc2ccc1C[n+]1ccc(cc1)-c1cc[n+](cc1)Cc1ccc(cc1)C[n+]1cc3ccc4c[n+](cc5ccc(c1)c3c45)C2. The van der Waals surface area contributed by atoms with Crippen LogP contribution in [-0.2, 0) is 52.4 Å². The van der Waals surface area contributed by atoms with Crippen LogP contribution in [0, 0.1) is 0 Å². The molecule has 46 heterocycles. The zero-order valence-electron chi connectivity index (χ0n) is 48.9. The highest BCUT2D eigenvalue weighted by atomic mass is 15.0. The highest BCUT2D eigenvalue weighted by molar-refractivity contribution is 6.22. The van der Waals surface area contributed by atoms with Gasteiger partial charge in [-0.3, -0.25) is 0 Å². The highest BCUT2D eigenvalue weighted by Crippen LogP contribution is 2.34. The van der Waals surface area contributed by atoms with Gasteiger partial charge in [-0.2, -0.15) is 18.3 Å². The Balaban J connectivity index is 0.000000137. The molecule has 0 radical (unpaired) electrons. The predicted molar refractivity (Wildman–Crippen MR) is 344 cm³/mol. The molecule has 88 heavy (non-hydrogen) atoms. The number of hydrogen-bond acceptors (Lipinski definition) is 0. The average molecular weight is 1140 g/mol. The highest BCUT2D eigenvalue weighted by Gasteiger charge is 2.21. The summed E-state index contributed by atoms with van der Waals surface area (Å²) in [6.07, 6.45) is 35.8. The molecule has 32 bridgehead atoms. The van der Waals surface area contributed by atoms with Gasteiger partial charge in [0.2, 0.25) is 0 Å². The number of nitrogens with zero attached hydrogens (tertiary/aromatic N) is 8. The molecule has 0 aliphatic carbocycles. The van der Waals surface area contributed by atoms with Crippen LogP contribution in [-0.4, -0.2) is 0 Å². The molecule has 0 spiro atoms. The maximum absolute atomic E-state index is 2.33. The third kappa shape index (κ3) is 10.2. The number of benzene rings is 8. The molecule has 54 rings (SSSR count). The van der Waals surface area contributed by atoms with E-state index in [1.165, 1.54) is 131 Å². The first-order valence-corrected chi connectivity index (χ1v) is 30.7. The molecule has 38 aliphatic heterocycles. The van der Waals surface area contributed by atoms with Crippen LogP contribution < -0.4 is 36.5 Å². The van der Waals surface area contributed by atoms with Gasteiger partial charge < -0.3 is 0 Å². The fourth-order valence-electron chi connectivity index (χ4n) is 13.7. The van der Waals surface area contributed by atoms with Crippen molar-refractivity contribution in [3.63, 3.8) is 0 Å². The van der Waals surface area contributed by atoms with Crippen molar-refractivity contribution in [2.75, 3.05) is 0 Å². The van der Waals surface area contributed by atoms with Gasteiger partial charge in [0.15, 0.2) is 152 Å². The Morgan fingerprint density at radius 1 is 0.148 bits per heavy atom. The van der Waals surface area contributed by atoms with Gasteiger partial charge in [0.25, 0.3) is 0 Å². The molecule has 38 aliphatic rings. The molecule has 8 aromatic carbocycles. The van der Waals surface area contributed by atoms with Gasteiger partial charge in [-0.25, -0.2) is 18.3 Å². The van der Waals surface area contributed by atoms with Crippen LogP contribution in [0.2, 0.25) is 0 Å². The molecule has 16 aromatic rings. The Kier molecular flexibility index (Phi) is 12.6. The lowest BCUT2D eigenvalue weighted by Crippen LogP contribution is -2.35. The molecule has 0 atom stereocenters. The molecule has 0 amide bonds. The summed E-state index contributed by atoms with van der Waals surface area (Å²) in [6.45, 7) is 6.76. The summed E-state index contributed by atoms with van der Waals surface area (Å²) in [5.41, 5.74) is 15.3. The van der Waals surface area contributed by atoms with Crippen LogP contribution in [0.15, 0.2) is 293 Å². The summed E-state index contributed by atoms with van der Waals surface area (Å²) in [4.78, 5) is 0. The third-order valence-corrected chi connectivity index (χ3v) is 18.3. The van der Waals surface area contributed by atoms with Gasteiger partial charge in [-0.05, 0) is 70.8 Å². The van der Waals surface area contributed by atoms with Gasteiger partial charge in [0, 0.05) is 158 Å². The molecule has 0 unspecified atom stereocenters. The Morgan fingerprint density at radius 3 is 0.432 bits per heavy atom. The van der Waals surface area contributed by atoms with Crippen molar-refractivity contribution < 1.29 is 36.5 Å². The molecule has 0 N–H and O–H groups in total. The quantitative estimate of drug-likeness (QED) is 0.107. The van der Waals surface area contributed by atoms with E-state index in [0.29, 0.717) is 0 Å². The van der Waals surface area contributed by atoms with Gasteiger partial charge in [0.05, 0.1) is 0 Å². The summed E-state index contributed by atoms with van der Waals surface area (Å²) < 4.78 is 18.3. The fourth-order valence-corrected chi connectivity index (χ4v) is 13.7. The topological polar surface area (TPSA) is 31.0 Å². The van der Waals surface area contributed by atoms with Crippen LogP contribution in [0.1, 0.15) is 44.5 Å².